The third kappa shape index (κ3) is 4.98. The number of aliphatic carboxylic acids is 1. The lowest BCUT2D eigenvalue weighted by molar-refractivity contribution is -0.192. The van der Waals surface area contributed by atoms with Crippen LogP contribution in [0.3, 0.4) is 0 Å². The molecule has 1 aromatic rings. The van der Waals surface area contributed by atoms with Gasteiger partial charge in [0, 0.05) is 44.0 Å². The fraction of sp³-hybridized carbons (Fsp3) is 0.562. The minimum absolute atomic E-state index is 0.0169. The number of rotatable bonds is 3. The number of carbonyl (C=O) groups is 2. The molecule has 0 atom stereocenters. The molecule has 2 fully saturated rings. The molecule has 2 saturated heterocycles. The smallest absolute Gasteiger partial charge is 0.475 e. The van der Waals surface area contributed by atoms with Gasteiger partial charge in [-0.3, -0.25) is 9.78 Å². The molecule has 0 saturated carbocycles. The molecule has 156 valence electrons. The van der Waals surface area contributed by atoms with Crippen LogP contribution in [-0.4, -0.2) is 77.7 Å². The highest BCUT2D eigenvalue weighted by atomic mass is 32.2. The minimum atomic E-state index is -5.08. The maximum absolute atomic E-state index is 12.4. The molecule has 1 N–H and O–H groups in total. The SMILES string of the molecule is CCS(=O)(=O)N1CC2(CCN(C(=O)c3cccnc3)C2)C1.O=C(O)C(F)(F)F. The zero-order valence-corrected chi connectivity index (χ0v) is 15.8. The summed E-state index contributed by atoms with van der Waals surface area (Å²) in [5.74, 6) is -2.63. The summed E-state index contributed by atoms with van der Waals surface area (Å²) >= 11 is 0. The normalized spacial score (nSPS) is 18.9. The number of aromatic nitrogens is 1. The van der Waals surface area contributed by atoms with Crippen LogP contribution in [0.1, 0.15) is 23.7 Å². The van der Waals surface area contributed by atoms with E-state index in [-0.39, 0.29) is 17.1 Å². The van der Waals surface area contributed by atoms with Gasteiger partial charge in [0.05, 0.1) is 11.3 Å². The summed E-state index contributed by atoms with van der Waals surface area (Å²) in [6, 6.07) is 3.51. The molecule has 8 nitrogen and oxygen atoms in total. The molecule has 28 heavy (non-hydrogen) atoms. The molecule has 1 spiro atoms. The first-order chi connectivity index (χ1) is 12.9. The number of amides is 1. The van der Waals surface area contributed by atoms with E-state index < -0.39 is 22.2 Å². The highest BCUT2D eigenvalue weighted by Crippen LogP contribution is 2.41. The number of carboxylic acid groups (broad SMARTS) is 1. The Morgan fingerprint density at radius 1 is 1.29 bits per heavy atom. The summed E-state index contributed by atoms with van der Waals surface area (Å²) in [5, 5.41) is 7.12. The van der Waals surface area contributed by atoms with Gasteiger partial charge < -0.3 is 10.0 Å². The fourth-order valence-electron chi connectivity index (χ4n) is 3.12. The number of sulfonamides is 1. The second-order valence-corrected chi connectivity index (χ2v) is 8.95. The van der Waals surface area contributed by atoms with Crippen LogP contribution in [0, 0.1) is 5.41 Å². The quantitative estimate of drug-likeness (QED) is 0.783. The lowest BCUT2D eigenvalue weighted by Gasteiger charge is -2.46. The van der Waals surface area contributed by atoms with Crippen molar-refractivity contribution in [3.8, 4) is 0 Å². The van der Waals surface area contributed by atoms with E-state index in [1.165, 1.54) is 4.31 Å². The first kappa shape index (κ1) is 22.1. The number of pyridine rings is 1. The van der Waals surface area contributed by atoms with Gasteiger partial charge in [0.1, 0.15) is 0 Å². The van der Waals surface area contributed by atoms with Gasteiger partial charge in [-0.25, -0.2) is 17.5 Å². The number of hydrogen-bond donors (Lipinski definition) is 1. The molecule has 1 aromatic heterocycles. The summed E-state index contributed by atoms with van der Waals surface area (Å²) in [4.78, 5) is 27.0. The van der Waals surface area contributed by atoms with Crippen LogP contribution in [0.15, 0.2) is 24.5 Å². The molecule has 2 aliphatic heterocycles. The van der Waals surface area contributed by atoms with Crippen molar-refractivity contribution >= 4 is 21.9 Å². The highest BCUT2D eigenvalue weighted by molar-refractivity contribution is 7.89. The standard InChI is InChI=1S/C14H19N3O3S.C2HF3O2/c1-2-21(19,20)17-10-14(11-17)5-7-16(9-14)13(18)12-4-3-6-15-8-12;3-2(4,5)1(6)7/h3-4,6,8H,2,5,7,9-11H2,1H3;(H,6,7). The van der Waals surface area contributed by atoms with Crippen molar-refractivity contribution in [2.75, 3.05) is 31.9 Å². The Morgan fingerprint density at radius 3 is 2.36 bits per heavy atom. The van der Waals surface area contributed by atoms with Crippen molar-refractivity contribution in [2.45, 2.75) is 19.5 Å². The largest absolute Gasteiger partial charge is 0.490 e. The highest BCUT2D eigenvalue weighted by Gasteiger charge is 2.51. The fourth-order valence-corrected chi connectivity index (χ4v) is 4.43. The molecule has 0 unspecified atom stereocenters. The summed E-state index contributed by atoms with van der Waals surface area (Å²) in [7, 11) is -3.09. The first-order valence-electron chi connectivity index (χ1n) is 8.37. The Morgan fingerprint density at radius 2 is 1.89 bits per heavy atom. The third-order valence-electron chi connectivity index (χ3n) is 4.66. The number of carboxylic acids is 1. The van der Waals surface area contributed by atoms with E-state index >= 15 is 0 Å². The monoisotopic (exact) mass is 423 g/mol. The average molecular weight is 423 g/mol. The van der Waals surface area contributed by atoms with Crippen LogP contribution in [0.4, 0.5) is 13.2 Å². The predicted molar refractivity (Wildman–Crippen MR) is 91.9 cm³/mol. The van der Waals surface area contributed by atoms with E-state index in [1.54, 1.807) is 31.5 Å². The van der Waals surface area contributed by atoms with Crippen LogP contribution in [-0.2, 0) is 14.8 Å². The molecule has 3 heterocycles. The van der Waals surface area contributed by atoms with Gasteiger partial charge in [-0.05, 0) is 25.5 Å². The summed E-state index contributed by atoms with van der Waals surface area (Å²) in [5.41, 5.74) is 0.548. The van der Waals surface area contributed by atoms with Crippen molar-refractivity contribution < 1.29 is 36.3 Å². The first-order valence-corrected chi connectivity index (χ1v) is 9.98. The molecule has 2 aliphatic rings. The molecule has 0 aromatic carbocycles. The Balaban J connectivity index is 0.000000345. The van der Waals surface area contributed by atoms with Gasteiger partial charge in [0.15, 0.2) is 0 Å². The van der Waals surface area contributed by atoms with Gasteiger partial charge >= 0.3 is 12.1 Å². The maximum Gasteiger partial charge on any atom is 0.490 e. The van der Waals surface area contributed by atoms with Crippen molar-refractivity contribution in [3.63, 3.8) is 0 Å². The molecular formula is C16H20F3N3O5S. The second kappa shape index (κ2) is 8.03. The number of alkyl halides is 3. The van der Waals surface area contributed by atoms with Crippen molar-refractivity contribution in [1.82, 2.24) is 14.2 Å². The van der Waals surface area contributed by atoms with Gasteiger partial charge in [-0.2, -0.15) is 13.2 Å². The van der Waals surface area contributed by atoms with E-state index in [1.807, 2.05) is 4.90 Å². The lowest BCUT2D eigenvalue weighted by Crippen LogP contribution is -2.59. The molecule has 1 amide bonds. The molecule has 3 rings (SSSR count). The summed E-state index contributed by atoms with van der Waals surface area (Å²) < 4.78 is 56.9. The Kier molecular flexibility index (Phi) is 6.34. The number of nitrogens with zero attached hydrogens (tertiary/aromatic N) is 3. The van der Waals surface area contributed by atoms with Gasteiger partial charge in [0.25, 0.3) is 5.91 Å². The maximum atomic E-state index is 12.4. The van der Waals surface area contributed by atoms with Gasteiger partial charge in [-0.15, -0.1) is 0 Å². The number of carbonyl (C=O) groups excluding carboxylic acids is 1. The molecular weight excluding hydrogens is 403 g/mol. The average Bonchev–Trinajstić information content (AvgIpc) is 3.06. The van der Waals surface area contributed by atoms with E-state index in [0.717, 1.165) is 6.42 Å². The molecule has 12 heteroatoms. The van der Waals surface area contributed by atoms with Crippen molar-refractivity contribution in [1.29, 1.82) is 0 Å². The summed E-state index contributed by atoms with van der Waals surface area (Å²) in [6.45, 7) is 4.07. The van der Waals surface area contributed by atoms with Crippen LogP contribution in [0.5, 0.6) is 0 Å². The Bertz CT molecular complexity index is 824. The third-order valence-corrected chi connectivity index (χ3v) is 6.43. The molecule has 0 aliphatic carbocycles. The van der Waals surface area contributed by atoms with E-state index in [9.17, 15) is 26.4 Å². The van der Waals surface area contributed by atoms with Crippen LogP contribution in [0.2, 0.25) is 0 Å². The van der Waals surface area contributed by atoms with Crippen LogP contribution >= 0.6 is 0 Å². The predicted octanol–water partition coefficient (Wildman–Crippen LogP) is 1.21. The Hall–Kier alpha value is -2.21. The van der Waals surface area contributed by atoms with Gasteiger partial charge in [-0.1, -0.05) is 0 Å². The summed E-state index contributed by atoms with van der Waals surface area (Å²) in [6.07, 6.45) is -1.00. The topological polar surface area (TPSA) is 108 Å². The second-order valence-electron chi connectivity index (χ2n) is 6.69. The number of likely N-dealkylation sites (tertiary alicyclic amines) is 1. The zero-order chi connectivity index (χ0) is 21.2. The molecule has 0 bridgehead atoms. The van der Waals surface area contributed by atoms with E-state index in [0.29, 0.717) is 31.7 Å². The number of halogens is 3. The van der Waals surface area contributed by atoms with Gasteiger partial charge in [0.2, 0.25) is 10.0 Å². The lowest BCUT2D eigenvalue weighted by atomic mass is 9.81. The van der Waals surface area contributed by atoms with E-state index in [4.69, 9.17) is 9.90 Å². The Labute approximate surface area is 160 Å². The number of hydrogen-bond acceptors (Lipinski definition) is 5. The van der Waals surface area contributed by atoms with E-state index in [2.05, 4.69) is 4.98 Å². The minimum Gasteiger partial charge on any atom is -0.475 e. The molecule has 0 radical (unpaired) electrons. The van der Waals surface area contributed by atoms with Crippen molar-refractivity contribution in [2.24, 2.45) is 5.41 Å². The zero-order valence-electron chi connectivity index (χ0n) is 15.0. The van der Waals surface area contributed by atoms with Crippen LogP contribution < -0.4 is 0 Å². The van der Waals surface area contributed by atoms with Crippen molar-refractivity contribution in [3.05, 3.63) is 30.1 Å². The van der Waals surface area contributed by atoms with Crippen LogP contribution in [0.25, 0.3) is 0 Å².